The van der Waals surface area contributed by atoms with Crippen LogP contribution in [0.3, 0.4) is 0 Å². The first kappa shape index (κ1) is 17.0. The van der Waals surface area contributed by atoms with E-state index >= 15 is 0 Å². The van der Waals surface area contributed by atoms with Crippen LogP contribution in [-0.4, -0.2) is 19.3 Å². The molecule has 0 unspecified atom stereocenters. The summed E-state index contributed by atoms with van der Waals surface area (Å²) < 4.78 is 43.5. The number of alkyl halides is 3. The third-order valence-electron chi connectivity index (χ3n) is 5.32. The molecule has 0 amide bonds. The van der Waals surface area contributed by atoms with Crippen molar-refractivity contribution in [2.45, 2.75) is 25.6 Å². The van der Waals surface area contributed by atoms with Gasteiger partial charge in [-0.05, 0) is 42.7 Å². The molecule has 0 aliphatic carbocycles. The van der Waals surface area contributed by atoms with E-state index in [-0.39, 0.29) is 0 Å². The zero-order chi connectivity index (χ0) is 19.5. The molecule has 0 spiro atoms. The Hall–Kier alpha value is -3.09. The number of hydrogen-bond donors (Lipinski definition) is 0. The number of nitrogens with zero attached hydrogens (tertiary/aromatic N) is 4. The number of aromatic nitrogens is 4. The molecule has 5 rings (SSSR count). The van der Waals surface area contributed by atoms with Gasteiger partial charge in [0.25, 0.3) is 0 Å². The maximum absolute atomic E-state index is 13.2. The normalized spacial score (nSPS) is 14.0. The molecule has 2 aromatic heterocycles. The summed E-state index contributed by atoms with van der Waals surface area (Å²) in [5, 5.41) is 4.68. The van der Waals surface area contributed by atoms with E-state index in [0.717, 1.165) is 53.3 Å². The van der Waals surface area contributed by atoms with Crippen LogP contribution in [0.2, 0.25) is 0 Å². The van der Waals surface area contributed by atoms with Gasteiger partial charge in [0.05, 0.1) is 22.9 Å². The Morgan fingerprint density at radius 2 is 1.89 bits per heavy atom. The highest BCUT2D eigenvalue weighted by Gasteiger charge is 2.31. The summed E-state index contributed by atoms with van der Waals surface area (Å²) in [6, 6.07) is 11.4. The smallest absolute Gasteiger partial charge is 0.334 e. The Morgan fingerprint density at radius 3 is 2.71 bits per heavy atom. The summed E-state index contributed by atoms with van der Waals surface area (Å²) >= 11 is 0. The quantitative estimate of drug-likeness (QED) is 0.485. The van der Waals surface area contributed by atoms with Crippen LogP contribution in [0.25, 0.3) is 33.4 Å². The van der Waals surface area contributed by atoms with Gasteiger partial charge in [-0.25, -0.2) is 4.98 Å². The largest absolute Gasteiger partial charge is 0.416 e. The average Bonchev–Trinajstić information content (AvgIpc) is 3.35. The molecule has 4 aromatic rings. The molecule has 0 radical (unpaired) electrons. The Balaban J connectivity index is 1.73. The van der Waals surface area contributed by atoms with Crippen molar-refractivity contribution < 1.29 is 13.2 Å². The number of fused-ring (bicyclic) bond motifs is 2. The highest BCUT2D eigenvalue weighted by Crippen LogP contribution is 2.40. The second kappa shape index (κ2) is 5.95. The van der Waals surface area contributed by atoms with Crippen LogP contribution in [-0.2, 0) is 26.2 Å². The summed E-state index contributed by atoms with van der Waals surface area (Å²) in [5.74, 6) is 0. The number of aryl methyl sites for hydroxylation is 2. The first-order valence-corrected chi connectivity index (χ1v) is 9.10. The van der Waals surface area contributed by atoms with Crippen LogP contribution in [0.15, 0.2) is 48.8 Å². The first-order valence-electron chi connectivity index (χ1n) is 9.10. The molecule has 4 nitrogen and oxygen atoms in total. The molecule has 2 aromatic carbocycles. The van der Waals surface area contributed by atoms with Gasteiger partial charge in [-0.15, -0.1) is 0 Å². The third kappa shape index (κ3) is 2.61. The van der Waals surface area contributed by atoms with Crippen molar-refractivity contribution in [2.24, 2.45) is 7.05 Å². The average molecular weight is 382 g/mol. The van der Waals surface area contributed by atoms with E-state index in [2.05, 4.69) is 10.1 Å². The molecule has 0 bridgehead atoms. The predicted molar refractivity (Wildman–Crippen MR) is 101 cm³/mol. The minimum Gasteiger partial charge on any atom is -0.334 e. The van der Waals surface area contributed by atoms with E-state index in [1.807, 2.05) is 34.5 Å². The van der Waals surface area contributed by atoms with Gasteiger partial charge in [-0.3, -0.25) is 4.68 Å². The van der Waals surface area contributed by atoms with Crippen molar-refractivity contribution in [3.8, 4) is 22.4 Å². The topological polar surface area (TPSA) is 35.6 Å². The molecular formula is C21H17F3N4. The van der Waals surface area contributed by atoms with Gasteiger partial charge in [-0.2, -0.15) is 18.3 Å². The molecule has 0 fully saturated rings. The summed E-state index contributed by atoms with van der Waals surface area (Å²) in [6.45, 7) is 0.787. The van der Waals surface area contributed by atoms with Crippen molar-refractivity contribution in [1.82, 2.24) is 19.3 Å². The number of imidazole rings is 1. The number of halogens is 3. The van der Waals surface area contributed by atoms with Crippen LogP contribution in [0.4, 0.5) is 13.2 Å². The van der Waals surface area contributed by atoms with Gasteiger partial charge >= 0.3 is 6.18 Å². The molecule has 142 valence electrons. The van der Waals surface area contributed by atoms with Crippen LogP contribution in [0.1, 0.15) is 17.7 Å². The number of benzene rings is 2. The van der Waals surface area contributed by atoms with Gasteiger partial charge < -0.3 is 4.57 Å². The molecule has 0 saturated heterocycles. The van der Waals surface area contributed by atoms with Crippen molar-refractivity contribution >= 4 is 11.0 Å². The fourth-order valence-electron chi connectivity index (χ4n) is 3.96. The summed E-state index contributed by atoms with van der Waals surface area (Å²) in [5.41, 5.74) is 5.23. The van der Waals surface area contributed by atoms with Crippen molar-refractivity contribution in [3.05, 3.63) is 60.0 Å². The third-order valence-corrected chi connectivity index (χ3v) is 5.32. The van der Waals surface area contributed by atoms with Crippen LogP contribution in [0.5, 0.6) is 0 Å². The molecule has 0 N–H and O–H groups in total. The van der Waals surface area contributed by atoms with E-state index in [1.165, 1.54) is 12.1 Å². The lowest BCUT2D eigenvalue weighted by atomic mass is 9.96. The van der Waals surface area contributed by atoms with Crippen LogP contribution >= 0.6 is 0 Å². The maximum Gasteiger partial charge on any atom is 0.416 e. The molecular weight excluding hydrogens is 365 g/mol. The second-order valence-corrected chi connectivity index (χ2v) is 7.13. The molecule has 7 heteroatoms. The minimum absolute atomic E-state index is 0.483. The molecule has 28 heavy (non-hydrogen) atoms. The zero-order valence-electron chi connectivity index (χ0n) is 15.2. The lowest BCUT2D eigenvalue weighted by Crippen LogP contribution is -2.04. The van der Waals surface area contributed by atoms with Gasteiger partial charge in [0.2, 0.25) is 0 Å². The van der Waals surface area contributed by atoms with Crippen molar-refractivity contribution in [2.75, 3.05) is 0 Å². The molecule has 0 atom stereocenters. The highest BCUT2D eigenvalue weighted by molar-refractivity contribution is 5.88. The molecule has 3 heterocycles. The molecule has 1 aliphatic rings. The highest BCUT2D eigenvalue weighted by atomic mass is 19.4. The SMILES string of the molecule is Cn1cnc2ccc(-c3c(-c4cccc(C(F)(F)F)c4)nn4c3CCC4)cc21. The van der Waals surface area contributed by atoms with E-state index in [0.29, 0.717) is 11.3 Å². The van der Waals surface area contributed by atoms with E-state index in [1.54, 1.807) is 12.4 Å². The molecule has 0 saturated carbocycles. The van der Waals surface area contributed by atoms with E-state index in [9.17, 15) is 13.2 Å². The minimum atomic E-state index is -4.38. The Kier molecular flexibility index (Phi) is 3.62. The Bertz CT molecular complexity index is 1200. The summed E-state index contributed by atoms with van der Waals surface area (Å²) in [6.07, 6.45) is -0.770. The lowest BCUT2D eigenvalue weighted by Gasteiger charge is -2.10. The van der Waals surface area contributed by atoms with E-state index in [4.69, 9.17) is 0 Å². The number of hydrogen-bond acceptors (Lipinski definition) is 2. The van der Waals surface area contributed by atoms with Crippen molar-refractivity contribution in [3.63, 3.8) is 0 Å². The zero-order valence-corrected chi connectivity index (χ0v) is 15.2. The van der Waals surface area contributed by atoms with Gasteiger partial charge in [0.15, 0.2) is 0 Å². The lowest BCUT2D eigenvalue weighted by molar-refractivity contribution is -0.137. The molecule has 1 aliphatic heterocycles. The fourth-order valence-corrected chi connectivity index (χ4v) is 3.96. The van der Waals surface area contributed by atoms with Gasteiger partial charge in [0, 0.05) is 30.4 Å². The van der Waals surface area contributed by atoms with Crippen LogP contribution < -0.4 is 0 Å². The first-order chi connectivity index (χ1) is 13.4. The standard InChI is InChI=1S/C21H17F3N4/c1-27-12-25-16-8-7-13(11-18(16)27)19-17-6-3-9-28(17)26-20(19)14-4-2-5-15(10-14)21(22,23)24/h2,4-5,7-8,10-12H,3,6,9H2,1H3. The van der Waals surface area contributed by atoms with Gasteiger partial charge in [-0.1, -0.05) is 18.2 Å². The predicted octanol–water partition coefficient (Wildman–Crippen LogP) is 5.07. The van der Waals surface area contributed by atoms with E-state index < -0.39 is 11.7 Å². The summed E-state index contributed by atoms with van der Waals surface area (Å²) in [4.78, 5) is 4.35. The monoisotopic (exact) mass is 382 g/mol. The number of rotatable bonds is 2. The van der Waals surface area contributed by atoms with Crippen LogP contribution in [0, 0.1) is 0 Å². The Morgan fingerprint density at radius 1 is 1.04 bits per heavy atom. The summed E-state index contributed by atoms with van der Waals surface area (Å²) in [7, 11) is 1.93. The fraction of sp³-hybridized carbons (Fsp3) is 0.238. The van der Waals surface area contributed by atoms with Gasteiger partial charge in [0.1, 0.15) is 5.69 Å². The second-order valence-electron chi connectivity index (χ2n) is 7.13. The maximum atomic E-state index is 13.2. The van der Waals surface area contributed by atoms with Crippen molar-refractivity contribution in [1.29, 1.82) is 0 Å². The Labute approximate surface area is 159 Å².